The molecule has 2 aromatic rings. The summed E-state index contributed by atoms with van der Waals surface area (Å²) in [6, 6.07) is 16.8. The van der Waals surface area contributed by atoms with E-state index in [1.54, 1.807) is 24.3 Å². The molecule has 0 spiro atoms. The Morgan fingerprint density at radius 1 is 0.906 bits per heavy atom. The Kier molecular flexibility index (Phi) is 6.44. The van der Waals surface area contributed by atoms with E-state index in [4.69, 9.17) is 4.74 Å². The first-order valence-electron chi connectivity index (χ1n) is 10.6. The number of ether oxygens (including phenoxy) is 1. The molecule has 1 aliphatic carbocycles. The summed E-state index contributed by atoms with van der Waals surface area (Å²) in [5, 5.41) is 2.64. The SMILES string of the molecule is O=C(COC(=O)[C@H](Cc1ccccc1)N1C(=O)[C@@H]2CC=CC[C@H]2C1=O)Nc1ccccc1. The van der Waals surface area contributed by atoms with Crippen LogP contribution in [0.4, 0.5) is 5.69 Å². The number of hydrogen-bond donors (Lipinski definition) is 1. The number of anilines is 1. The standard InChI is InChI=1S/C25H24N2O5/c28-22(26-18-11-5-2-6-12-18)16-32-25(31)21(15-17-9-3-1-4-10-17)27-23(29)19-13-7-8-14-20(19)24(27)30/h1-12,19-21H,13-16H2,(H,26,28)/t19-,20-,21+/m1/s1. The lowest BCUT2D eigenvalue weighted by molar-refractivity contribution is -0.159. The van der Waals surface area contributed by atoms with E-state index in [0.29, 0.717) is 18.5 Å². The summed E-state index contributed by atoms with van der Waals surface area (Å²) in [4.78, 5) is 52.4. The molecule has 3 amide bonds. The number of imide groups is 1. The first kappa shape index (κ1) is 21.5. The van der Waals surface area contributed by atoms with Crippen molar-refractivity contribution in [1.82, 2.24) is 4.90 Å². The fourth-order valence-corrected chi connectivity index (χ4v) is 4.20. The minimum atomic E-state index is -1.12. The number of hydrogen-bond acceptors (Lipinski definition) is 5. The van der Waals surface area contributed by atoms with Crippen LogP contribution < -0.4 is 5.32 Å². The van der Waals surface area contributed by atoms with Gasteiger partial charge in [0.2, 0.25) is 11.8 Å². The molecular weight excluding hydrogens is 408 g/mol. The van der Waals surface area contributed by atoms with Crippen LogP contribution in [0.1, 0.15) is 18.4 Å². The lowest BCUT2D eigenvalue weighted by Gasteiger charge is -2.25. The monoisotopic (exact) mass is 432 g/mol. The highest BCUT2D eigenvalue weighted by atomic mass is 16.5. The molecular formula is C25H24N2O5. The number of fused-ring (bicyclic) bond motifs is 1. The van der Waals surface area contributed by atoms with E-state index in [0.717, 1.165) is 10.5 Å². The second-order valence-electron chi connectivity index (χ2n) is 7.93. The van der Waals surface area contributed by atoms with Crippen LogP contribution in [0, 0.1) is 11.8 Å². The highest BCUT2D eigenvalue weighted by Gasteiger charge is 2.51. The van der Waals surface area contributed by atoms with Crippen LogP contribution in [0.25, 0.3) is 0 Å². The van der Waals surface area contributed by atoms with Crippen LogP contribution >= 0.6 is 0 Å². The number of carbonyl (C=O) groups excluding carboxylic acids is 4. The molecule has 0 bridgehead atoms. The second kappa shape index (κ2) is 9.60. The number of para-hydroxylation sites is 1. The van der Waals surface area contributed by atoms with Crippen molar-refractivity contribution in [3.63, 3.8) is 0 Å². The number of nitrogens with zero attached hydrogens (tertiary/aromatic N) is 1. The smallest absolute Gasteiger partial charge is 0.330 e. The lowest BCUT2D eigenvalue weighted by atomic mass is 9.85. The Labute approximate surface area is 186 Å². The van der Waals surface area contributed by atoms with E-state index in [-0.39, 0.29) is 18.2 Å². The zero-order chi connectivity index (χ0) is 22.5. The molecule has 1 N–H and O–H groups in total. The van der Waals surface area contributed by atoms with Gasteiger partial charge >= 0.3 is 5.97 Å². The Morgan fingerprint density at radius 2 is 1.47 bits per heavy atom. The molecule has 0 unspecified atom stereocenters. The topological polar surface area (TPSA) is 92.8 Å². The van der Waals surface area contributed by atoms with Crippen molar-refractivity contribution in [2.24, 2.45) is 11.8 Å². The number of rotatable bonds is 7. The van der Waals surface area contributed by atoms with Gasteiger partial charge in [-0.3, -0.25) is 19.3 Å². The summed E-state index contributed by atoms with van der Waals surface area (Å²) < 4.78 is 5.26. The second-order valence-corrected chi connectivity index (χ2v) is 7.93. The molecule has 0 saturated carbocycles. The number of benzene rings is 2. The third kappa shape index (κ3) is 4.61. The molecule has 0 aromatic heterocycles. The normalized spacial score (nSPS) is 20.6. The van der Waals surface area contributed by atoms with Crippen LogP contribution in [-0.2, 0) is 30.3 Å². The van der Waals surface area contributed by atoms with Crippen LogP contribution in [0.15, 0.2) is 72.8 Å². The van der Waals surface area contributed by atoms with E-state index < -0.39 is 36.4 Å². The number of likely N-dealkylation sites (tertiary alicyclic amines) is 1. The minimum absolute atomic E-state index is 0.129. The van der Waals surface area contributed by atoms with Crippen LogP contribution in [-0.4, -0.2) is 41.2 Å². The van der Waals surface area contributed by atoms with Gasteiger partial charge in [-0.05, 0) is 30.5 Å². The predicted molar refractivity (Wildman–Crippen MR) is 117 cm³/mol. The first-order chi connectivity index (χ1) is 15.5. The van der Waals surface area contributed by atoms with Crippen molar-refractivity contribution in [2.75, 3.05) is 11.9 Å². The van der Waals surface area contributed by atoms with Crippen LogP contribution in [0.2, 0.25) is 0 Å². The number of nitrogens with one attached hydrogen (secondary N) is 1. The van der Waals surface area contributed by atoms with E-state index in [1.807, 2.05) is 48.6 Å². The summed E-state index contributed by atoms with van der Waals surface area (Å²) >= 11 is 0. The van der Waals surface area contributed by atoms with Crippen molar-refractivity contribution >= 4 is 29.4 Å². The van der Waals surface area contributed by atoms with Gasteiger partial charge in [0.05, 0.1) is 11.8 Å². The zero-order valence-corrected chi connectivity index (χ0v) is 17.5. The maximum atomic E-state index is 13.0. The fraction of sp³-hybridized carbons (Fsp3) is 0.280. The molecule has 2 aliphatic rings. The van der Waals surface area contributed by atoms with Gasteiger partial charge in [0.25, 0.3) is 5.91 Å². The first-order valence-corrected chi connectivity index (χ1v) is 10.6. The van der Waals surface area contributed by atoms with Crippen LogP contribution in [0.5, 0.6) is 0 Å². The highest BCUT2D eigenvalue weighted by molar-refractivity contribution is 6.08. The third-order valence-corrected chi connectivity index (χ3v) is 5.80. The van der Waals surface area contributed by atoms with E-state index in [2.05, 4.69) is 5.32 Å². The molecule has 164 valence electrons. The average Bonchev–Trinajstić information content (AvgIpc) is 3.07. The van der Waals surface area contributed by atoms with Gasteiger partial charge in [-0.15, -0.1) is 0 Å². The summed E-state index contributed by atoms with van der Waals surface area (Å²) in [5.41, 5.74) is 1.37. The molecule has 7 heteroatoms. The molecule has 32 heavy (non-hydrogen) atoms. The highest BCUT2D eigenvalue weighted by Crippen LogP contribution is 2.36. The van der Waals surface area contributed by atoms with Crippen molar-refractivity contribution in [3.8, 4) is 0 Å². The number of carbonyl (C=O) groups is 4. The van der Waals surface area contributed by atoms with Gasteiger partial charge in [0.1, 0.15) is 6.04 Å². The molecule has 2 aromatic carbocycles. The number of allylic oxidation sites excluding steroid dienone is 2. The summed E-state index contributed by atoms with van der Waals surface area (Å²) in [6.45, 7) is -0.510. The Bertz CT molecular complexity index is 1010. The molecule has 1 aliphatic heterocycles. The summed E-state index contributed by atoms with van der Waals surface area (Å²) in [7, 11) is 0. The van der Waals surface area contributed by atoms with Crippen molar-refractivity contribution < 1.29 is 23.9 Å². The van der Waals surface area contributed by atoms with E-state index in [1.165, 1.54) is 0 Å². The van der Waals surface area contributed by atoms with E-state index in [9.17, 15) is 19.2 Å². The molecule has 7 nitrogen and oxygen atoms in total. The van der Waals surface area contributed by atoms with Crippen molar-refractivity contribution in [2.45, 2.75) is 25.3 Å². The molecule has 0 radical (unpaired) electrons. The fourth-order valence-electron chi connectivity index (χ4n) is 4.20. The van der Waals surface area contributed by atoms with Gasteiger partial charge in [-0.2, -0.15) is 0 Å². The van der Waals surface area contributed by atoms with Gasteiger partial charge in [0, 0.05) is 12.1 Å². The Balaban J connectivity index is 1.49. The summed E-state index contributed by atoms with van der Waals surface area (Å²) in [5.74, 6) is -2.86. The molecule has 3 atom stereocenters. The number of esters is 1. The minimum Gasteiger partial charge on any atom is -0.454 e. The molecule has 1 heterocycles. The predicted octanol–water partition coefficient (Wildman–Crippen LogP) is 2.73. The van der Waals surface area contributed by atoms with Gasteiger partial charge in [-0.1, -0.05) is 60.7 Å². The maximum Gasteiger partial charge on any atom is 0.330 e. The Morgan fingerprint density at radius 3 is 2.06 bits per heavy atom. The number of amides is 3. The van der Waals surface area contributed by atoms with Crippen molar-refractivity contribution in [3.05, 3.63) is 78.4 Å². The van der Waals surface area contributed by atoms with Gasteiger partial charge in [0.15, 0.2) is 6.61 Å². The molecule has 1 saturated heterocycles. The van der Waals surface area contributed by atoms with Gasteiger partial charge < -0.3 is 10.1 Å². The molecule has 1 fully saturated rings. The van der Waals surface area contributed by atoms with E-state index >= 15 is 0 Å². The van der Waals surface area contributed by atoms with Crippen LogP contribution in [0.3, 0.4) is 0 Å². The maximum absolute atomic E-state index is 13.0. The quantitative estimate of drug-likeness (QED) is 0.413. The molecule has 4 rings (SSSR count). The zero-order valence-electron chi connectivity index (χ0n) is 17.5. The largest absolute Gasteiger partial charge is 0.454 e. The third-order valence-electron chi connectivity index (χ3n) is 5.80. The van der Waals surface area contributed by atoms with Gasteiger partial charge in [-0.25, -0.2) is 4.79 Å². The average molecular weight is 432 g/mol. The van der Waals surface area contributed by atoms with Crippen molar-refractivity contribution in [1.29, 1.82) is 0 Å². The Hall–Kier alpha value is -3.74. The summed E-state index contributed by atoms with van der Waals surface area (Å²) in [6.07, 6.45) is 4.89. The lowest BCUT2D eigenvalue weighted by Crippen LogP contribution is -2.48.